The summed E-state index contributed by atoms with van der Waals surface area (Å²) < 4.78 is 27.5. The molecule has 0 aliphatic carbocycles. The molecule has 5 nitrogen and oxygen atoms in total. The fourth-order valence-electron chi connectivity index (χ4n) is 2.37. The standard InChI is InChI=1S/C14H19N3O2S/c1-5-12-8-13(16-15-12)17-20(18,19)14-10(3)6-9(2)7-11(14)4/h6-8H,5H2,1-4H3,(H2,15,16,17). The monoisotopic (exact) mass is 293 g/mol. The normalized spacial score (nSPS) is 11.6. The summed E-state index contributed by atoms with van der Waals surface area (Å²) in [6, 6.07) is 5.43. The smallest absolute Gasteiger partial charge is 0.263 e. The zero-order valence-electron chi connectivity index (χ0n) is 12.1. The van der Waals surface area contributed by atoms with Gasteiger partial charge < -0.3 is 0 Å². The van der Waals surface area contributed by atoms with Gasteiger partial charge in [0.2, 0.25) is 0 Å². The lowest BCUT2D eigenvalue weighted by atomic mass is 10.1. The van der Waals surface area contributed by atoms with Crippen molar-refractivity contribution in [3.05, 3.63) is 40.6 Å². The molecule has 2 aromatic rings. The lowest BCUT2D eigenvalue weighted by Crippen LogP contribution is -2.16. The van der Waals surface area contributed by atoms with Crippen molar-refractivity contribution < 1.29 is 8.42 Å². The van der Waals surface area contributed by atoms with E-state index in [9.17, 15) is 8.42 Å². The summed E-state index contributed by atoms with van der Waals surface area (Å²) in [5, 5.41) is 6.75. The van der Waals surface area contributed by atoms with E-state index in [0.717, 1.165) is 28.8 Å². The molecule has 0 saturated heterocycles. The van der Waals surface area contributed by atoms with Crippen LogP contribution in [0.5, 0.6) is 0 Å². The van der Waals surface area contributed by atoms with Gasteiger partial charge in [0.15, 0.2) is 5.82 Å². The van der Waals surface area contributed by atoms with Crippen LogP contribution in [-0.4, -0.2) is 18.6 Å². The average molecular weight is 293 g/mol. The number of aromatic amines is 1. The Morgan fingerprint density at radius 3 is 2.25 bits per heavy atom. The van der Waals surface area contributed by atoms with Gasteiger partial charge in [-0.2, -0.15) is 5.10 Å². The molecule has 108 valence electrons. The second-order valence-electron chi connectivity index (χ2n) is 4.97. The van der Waals surface area contributed by atoms with Crippen molar-refractivity contribution in [2.75, 3.05) is 4.72 Å². The van der Waals surface area contributed by atoms with Gasteiger partial charge in [-0.25, -0.2) is 8.42 Å². The van der Waals surface area contributed by atoms with Crippen LogP contribution >= 0.6 is 0 Å². The topological polar surface area (TPSA) is 74.8 Å². The molecular weight excluding hydrogens is 274 g/mol. The Morgan fingerprint density at radius 2 is 1.75 bits per heavy atom. The van der Waals surface area contributed by atoms with Crippen LogP contribution in [0.15, 0.2) is 23.1 Å². The second-order valence-corrected chi connectivity index (χ2v) is 6.58. The number of rotatable bonds is 4. The molecule has 0 atom stereocenters. The predicted molar refractivity (Wildman–Crippen MR) is 79.4 cm³/mol. The van der Waals surface area contributed by atoms with E-state index in [1.807, 2.05) is 26.0 Å². The van der Waals surface area contributed by atoms with Crippen LogP contribution in [0.4, 0.5) is 5.82 Å². The van der Waals surface area contributed by atoms with Gasteiger partial charge in [-0.05, 0) is 38.3 Å². The molecule has 1 aromatic heterocycles. The molecule has 0 amide bonds. The predicted octanol–water partition coefficient (Wildman–Crippen LogP) is 2.70. The number of nitrogens with zero attached hydrogens (tertiary/aromatic N) is 1. The van der Waals surface area contributed by atoms with E-state index >= 15 is 0 Å². The number of H-pyrrole nitrogens is 1. The van der Waals surface area contributed by atoms with Crippen LogP contribution in [-0.2, 0) is 16.4 Å². The Bertz CT molecular complexity index is 710. The van der Waals surface area contributed by atoms with Gasteiger partial charge >= 0.3 is 0 Å². The van der Waals surface area contributed by atoms with Crippen molar-refractivity contribution in [1.82, 2.24) is 10.2 Å². The van der Waals surface area contributed by atoms with E-state index in [1.54, 1.807) is 19.9 Å². The highest BCUT2D eigenvalue weighted by molar-refractivity contribution is 7.92. The zero-order valence-corrected chi connectivity index (χ0v) is 12.9. The first-order chi connectivity index (χ1) is 9.33. The third-order valence-electron chi connectivity index (χ3n) is 3.12. The summed E-state index contributed by atoms with van der Waals surface area (Å²) >= 11 is 0. The molecular formula is C14H19N3O2S. The number of hydrogen-bond donors (Lipinski definition) is 2. The molecule has 2 rings (SSSR count). The number of nitrogens with one attached hydrogen (secondary N) is 2. The van der Waals surface area contributed by atoms with Gasteiger partial charge in [0, 0.05) is 11.8 Å². The van der Waals surface area contributed by atoms with Crippen LogP contribution in [0, 0.1) is 20.8 Å². The quantitative estimate of drug-likeness (QED) is 0.910. The molecule has 6 heteroatoms. The third-order valence-corrected chi connectivity index (χ3v) is 4.78. The Morgan fingerprint density at radius 1 is 1.15 bits per heavy atom. The van der Waals surface area contributed by atoms with Crippen molar-refractivity contribution in [2.24, 2.45) is 0 Å². The van der Waals surface area contributed by atoms with E-state index in [1.165, 1.54) is 0 Å². The number of benzene rings is 1. The van der Waals surface area contributed by atoms with Gasteiger partial charge in [0.05, 0.1) is 4.90 Å². The maximum Gasteiger partial charge on any atom is 0.263 e. The summed E-state index contributed by atoms with van der Waals surface area (Å²) in [7, 11) is -3.62. The third kappa shape index (κ3) is 2.85. The second kappa shape index (κ2) is 5.28. The number of anilines is 1. The van der Waals surface area contributed by atoms with E-state index in [2.05, 4.69) is 14.9 Å². The molecule has 0 aliphatic rings. The Hall–Kier alpha value is -1.82. The van der Waals surface area contributed by atoms with E-state index in [0.29, 0.717) is 10.7 Å². The minimum Gasteiger partial charge on any atom is -0.280 e. The van der Waals surface area contributed by atoms with Crippen molar-refractivity contribution >= 4 is 15.8 Å². The lowest BCUT2D eigenvalue weighted by molar-refractivity contribution is 0.599. The Balaban J connectivity index is 2.40. The average Bonchev–Trinajstić information content (AvgIpc) is 2.73. The van der Waals surface area contributed by atoms with Crippen LogP contribution in [0.2, 0.25) is 0 Å². The SMILES string of the molecule is CCc1cc(NS(=O)(=O)c2c(C)cc(C)cc2C)n[nH]1. The minimum atomic E-state index is -3.62. The highest BCUT2D eigenvalue weighted by atomic mass is 32.2. The molecule has 0 aliphatic heterocycles. The molecule has 2 N–H and O–H groups in total. The van der Waals surface area contributed by atoms with Gasteiger partial charge in [-0.1, -0.05) is 24.6 Å². The molecule has 1 aromatic carbocycles. The number of sulfonamides is 1. The van der Waals surface area contributed by atoms with Crippen molar-refractivity contribution in [3.63, 3.8) is 0 Å². The summed E-state index contributed by atoms with van der Waals surface area (Å²) in [4.78, 5) is 0.323. The number of aromatic nitrogens is 2. The van der Waals surface area contributed by atoms with Gasteiger partial charge in [0.25, 0.3) is 10.0 Å². The van der Waals surface area contributed by atoms with Crippen LogP contribution in [0.1, 0.15) is 29.3 Å². The van der Waals surface area contributed by atoms with Gasteiger partial charge in [0.1, 0.15) is 0 Å². The first-order valence-electron chi connectivity index (χ1n) is 6.48. The molecule has 0 unspecified atom stereocenters. The van der Waals surface area contributed by atoms with Crippen LogP contribution in [0.25, 0.3) is 0 Å². The van der Waals surface area contributed by atoms with Crippen LogP contribution in [0.3, 0.4) is 0 Å². The molecule has 0 spiro atoms. The van der Waals surface area contributed by atoms with Crippen molar-refractivity contribution in [3.8, 4) is 0 Å². The van der Waals surface area contributed by atoms with E-state index < -0.39 is 10.0 Å². The molecule has 20 heavy (non-hydrogen) atoms. The highest BCUT2D eigenvalue weighted by Crippen LogP contribution is 2.23. The van der Waals surface area contributed by atoms with Gasteiger partial charge in [-0.15, -0.1) is 0 Å². The van der Waals surface area contributed by atoms with E-state index in [-0.39, 0.29) is 0 Å². The first-order valence-corrected chi connectivity index (χ1v) is 7.96. The number of aryl methyl sites for hydroxylation is 4. The van der Waals surface area contributed by atoms with Gasteiger partial charge in [-0.3, -0.25) is 9.82 Å². The summed E-state index contributed by atoms with van der Waals surface area (Å²) in [6.45, 7) is 7.53. The minimum absolute atomic E-state index is 0.321. The Labute approximate surface area is 119 Å². The zero-order chi connectivity index (χ0) is 14.9. The van der Waals surface area contributed by atoms with Crippen LogP contribution < -0.4 is 4.72 Å². The molecule has 1 heterocycles. The Kier molecular flexibility index (Phi) is 3.85. The maximum absolute atomic E-state index is 12.5. The lowest BCUT2D eigenvalue weighted by Gasteiger charge is -2.12. The molecule has 0 radical (unpaired) electrons. The van der Waals surface area contributed by atoms with Crippen molar-refractivity contribution in [2.45, 2.75) is 39.0 Å². The highest BCUT2D eigenvalue weighted by Gasteiger charge is 2.20. The fourth-order valence-corrected chi connectivity index (χ4v) is 3.82. The number of hydrogen-bond acceptors (Lipinski definition) is 3. The molecule has 0 saturated carbocycles. The van der Waals surface area contributed by atoms with Crippen molar-refractivity contribution in [1.29, 1.82) is 0 Å². The maximum atomic E-state index is 12.5. The van der Waals surface area contributed by atoms with E-state index in [4.69, 9.17) is 0 Å². The molecule has 0 bridgehead atoms. The fraction of sp³-hybridized carbons (Fsp3) is 0.357. The largest absolute Gasteiger partial charge is 0.280 e. The first kappa shape index (κ1) is 14.6. The summed E-state index contributed by atoms with van der Waals surface area (Å²) in [5.41, 5.74) is 3.41. The molecule has 0 fully saturated rings. The summed E-state index contributed by atoms with van der Waals surface area (Å²) in [6.07, 6.45) is 0.775. The summed E-state index contributed by atoms with van der Waals surface area (Å²) in [5.74, 6) is 0.321.